The number of aryl methyl sites for hydroxylation is 2. The lowest BCUT2D eigenvalue weighted by molar-refractivity contribution is -0.125. The van der Waals surface area contributed by atoms with Crippen LogP contribution in [0.3, 0.4) is 0 Å². The third-order valence-electron chi connectivity index (χ3n) is 3.82. The highest BCUT2D eigenvalue weighted by molar-refractivity contribution is 5.80. The zero-order valence-corrected chi connectivity index (χ0v) is 13.7. The fourth-order valence-corrected chi connectivity index (χ4v) is 2.55. The van der Waals surface area contributed by atoms with Crippen LogP contribution >= 0.6 is 0 Å². The normalized spacial score (nSPS) is 15.0. The second kappa shape index (κ2) is 6.91. The Kier molecular flexibility index (Phi) is 5.15. The highest BCUT2D eigenvalue weighted by atomic mass is 19.1. The number of aliphatic hydroxyl groups excluding tert-OH is 1. The average molecular weight is 319 g/mol. The van der Waals surface area contributed by atoms with Crippen LogP contribution in [0.4, 0.5) is 4.39 Å². The van der Waals surface area contributed by atoms with Crippen LogP contribution in [0.1, 0.15) is 42.9 Å². The second-order valence-corrected chi connectivity index (χ2v) is 5.84. The summed E-state index contributed by atoms with van der Waals surface area (Å²) in [7, 11) is 0. The molecule has 5 nitrogen and oxygen atoms in total. The minimum atomic E-state index is -0.984. The molecule has 6 heteroatoms. The minimum absolute atomic E-state index is 0.251. The molecule has 3 atom stereocenters. The van der Waals surface area contributed by atoms with Gasteiger partial charge < -0.3 is 10.4 Å². The first-order chi connectivity index (χ1) is 10.8. The van der Waals surface area contributed by atoms with Crippen molar-refractivity contribution >= 4 is 5.91 Å². The van der Waals surface area contributed by atoms with Crippen molar-refractivity contribution in [3.05, 3.63) is 53.1 Å². The van der Waals surface area contributed by atoms with E-state index in [2.05, 4.69) is 10.4 Å². The number of rotatable bonds is 5. The lowest BCUT2D eigenvalue weighted by Crippen LogP contribution is -2.41. The van der Waals surface area contributed by atoms with Crippen LogP contribution in [-0.4, -0.2) is 26.8 Å². The van der Waals surface area contributed by atoms with E-state index in [1.807, 2.05) is 19.9 Å². The Hall–Kier alpha value is -2.21. The molecule has 1 aromatic heterocycles. The summed E-state index contributed by atoms with van der Waals surface area (Å²) in [6.07, 6.45) is -0.984. The van der Waals surface area contributed by atoms with E-state index >= 15 is 0 Å². The van der Waals surface area contributed by atoms with Crippen molar-refractivity contribution in [2.45, 2.75) is 45.9 Å². The molecule has 1 heterocycles. The summed E-state index contributed by atoms with van der Waals surface area (Å²) in [6, 6.07) is 6.58. The molecule has 0 saturated carbocycles. The fourth-order valence-electron chi connectivity index (χ4n) is 2.55. The highest BCUT2D eigenvalue weighted by Gasteiger charge is 2.23. The molecule has 1 amide bonds. The molecule has 23 heavy (non-hydrogen) atoms. The maximum Gasteiger partial charge on any atom is 0.244 e. The van der Waals surface area contributed by atoms with Gasteiger partial charge in [-0.25, -0.2) is 4.39 Å². The molecule has 0 aliphatic rings. The molecular weight excluding hydrogens is 297 g/mol. The molecule has 2 N–H and O–H groups in total. The lowest BCUT2D eigenvalue weighted by Gasteiger charge is -2.23. The number of aliphatic hydroxyl groups is 1. The average Bonchev–Trinajstić information content (AvgIpc) is 2.84. The van der Waals surface area contributed by atoms with Crippen molar-refractivity contribution in [1.82, 2.24) is 15.1 Å². The van der Waals surface area contributed by atoms with Gasteiger partial charge in [0.05, 0.1) is 17.8 Å². The minimum Gasteiger partial charge on any atom is -0.386 e. The van der Waals surface area contributed by atoms with Gasteiger partial charge in [0, 0.05) is 5.69 Å². The van der Waals surface area contributed by atoms with E-state index in [4.69, 9.17) is 0 Å². The molecule has 0 aliphatic carbocycles. The van der Waals surface area contributed by atoms with Gasteiger partial charge in [-0.2, -0.15) is 5.10 Å². The first-order valence-corrected chi connectivity index (χ1v) is 7.56. The molecule has 1 aromatic carbocycles. The van der Waals surface area contributed by atoms with E-state index in [-0.39, 0.29) is 5.91 Å². The maximum atomic E-state index is 13.2. The highest BCUT2D eigenvalue weighted by Crippen LogP contribution is 2.19. The van der Waals surface area contributed by atoms with Crippen LogP contribution in [0.25, 0.3) is 0 Å². The van der Waals surface area contributed by atoms with Crippen LogP contribution in [0, 0.1) is 19.7 Å². The number of hydrogen-bond acceptors (Lipinski definition) is 3. The Balaban J connectivity index is 2.05. The topological polar surface area (TPSA) is 67.2 Å². The number of benzene rings is 1. The molecule has 0 radical (unpaired) electrons. The van der Waals surface area contributed by atoms with Crippen molar-refractivity contribution in [2.75, 3.05) is 0 Å². The first kappa shape index (κ1) is 17.1. The lowest BCUT2D eigenvalue weighted by atomic mass is 10.0. The van der Waals surface area contributed by atoms with Gasteiger partial charge in [0.1, 0.15) is 11.9 Å². The van der Waals surface area contributed by atoms with E-state index < -0.39 is 24.0 Å². The monoisotopic (exact) mass is 319 g/mol. The van der Waals surface area contributed by atoms with E-state index in [1.165, 1.54) is 18.2 Å². The number of carbonyl (C=O) groups is 1. The van der Waals surface area contributed by atoms with Crippen molar-refractivity contribution in [1.29, 1.82) is 0 Å². The number of halogens is 1. The number of aromatic nitrogens is 2. The number of hydrogen-bond donors (Lipinski definition) is 2. The first-order valence-electron chi connectivity index (χ1n) is 7.56. The van der Waals surface area contributed by atoms with Gasteiger partial charge in [0.15, 0.2) is 0 Å². The Morgan fingerprint density at radius 1 is 1.30 bits per heavy atom. The molecule has 0 fully saturated rings. The van der Waals surface area contributed by atoms with Gasteiger partial charge in [0.2, 0.25) is 5.91 Å². The van der Waals surface area contributed by atoms with Crippen molar-refractivity contribution in [3.8, 4) is 0 Å². The summed E-state index contributed by atoms with van der Waals surface area (Å²) in [5.41, 5.74) is 2.16. The Morgan fingerprint density at radius 2 is 2.00 bits per heavy atom. The smallest absolute Gasteiger partial charge is 0.244 e. The van der Waals surface area contributed by atoms with E-state index in [0.29, 0.717) is 5.56 Å². The summed E-state index contributed by atoms with van der Waals surface area (Å²) < 4.78 is 14.9. The molecule has 0 bridgehead atoms. The summed E-state index contributed by atoms with van der Waals surface area (Å²) >= 11 is 0. The van der Waals surface area contributed by atoms with E-state index in [1.54, 1.807) is 24.6 Å². The standard InChI is InChI=1S/C17H22FN3O2/c1-10-8-11(2)21(20-10)13(4)17(23)19-12(3)16(22)14-6-5-7-15(18)9-14/h5-9,12-13,16,22H,1-4H3,(H,19,23)/t12-,13-,16+/m1/s1. The van der Waals surface area contributed by atoms with Crippen LogP contribution in [0.2, 0.25) is 0 Å². The summed E-state index contributed by atoms with van der Waals surface area (Å²) in [6.45, 7) is 7.18. The third-order valence-corrected chi connectivity index (χ3v) is 3.82. The molecule has 0 unspecified atom stereocenters. The molecule has 124 valence electrons. The zero-order valence-electron chi connectivity index (χ0n) is 13.7. The largest absolute Gasteiger partial charge is 0.386 e. The van der Waals surface area contributed by atoms with E-state index in [9.17, 15) is 14.3 Å². The summed E-state index contributed by atoms with van der Waals surface area (Å²) in [5.74, 6) is -0.671. The predicted octanol–water partition coefficient (Wildman–Crippen LogP) is 2.44. The fraction of sp³-hybridized carbons (Fsp3) is 0.412. The molecule has 0 saturated heterocycles. The molecule has 0 spiro atoms. The van der Waals surface area contributed by atoms with Crippen LogP contribution in [0.15, 0.2) is 30.3 Å². The third kappa shape index (κ3) is 3.96. The van der Waals surface area contributed by atoms with Gasteiger partial charge in [0.25, 0.3) is 0 Å². The predicted molar refractivity (Wildman–Crippen MR) is 85.4 cm³/mol. The Morgan fingerprint density at radius 3 is 2.57 bits per heavy atom. The molecule has 2 rings (SSSR count). The summed E-state index contributed by atoms with van der Waals surface area (Å²) in [4.78, 5) is 12.4. The summed E-state index contributed by atoms with van der Waals surface area (Å²) in [5, 5.41) is 17.3. The van der Waals surface area contributed by atoms with Crippen molar-refractivity contribution in [3.63, 3.8) is 0 Å². The number of carbonyl (C=O) groups excluding carboxylic acids is 1. The number of amides is 1. The van der Waals surface area contributed by atoms with Crippen LogP contribution < -0.4 is 5.32 Å². The van der Waals surface area contributed by atoms with Crippen molar-refractivity contribution < 1.29 is 14.3 Å². The molecular formula is C17H22FN3O2. The van der Waals surface area contributed by atoms with Gasteiger partial charge in [-0.15, -0.1) is 0 Å². The van der Waals surface area contributed by atoms with Gasteiger partial charge in [-0.1, -0.05) is 12.1 Å². The van der Waals surface area contributed by atoms with Crippen LogP contribution in [-0.2, 0) is 4.79 Å². The number of nitrogens with zero attached hydrogens (tertiary/aromatic N) is 2. The van der Waals surface area contributed by atoms with Crippen LogP contribution in [0.5, 0.6) is 0 Å². The van der Waals surface area contributed by atoms with E-state index in [0.717, 1.165) is 11.4 Å². The molecule has 0 aliphatic heterocycles. The van der Waals surface area contributed by atoms with Gasteiger partial charge >= 0.3 is 0 Å². The Labute approximate surface area is 135 Å². The zero-order chi connectivity index (χ0) is 17.1. The SMILES string of the molecule is Cc1cc(C)n([C@H](C)C(=O)N[C@H](C)[C@H](O)c2cccc(F)c2)n1. The Bertz CT molecular complexity index is 699. The quantitative estimate of drug-likeness (QED) is 0.889. The van der Waals surface area contributed by atoms with Gasteiger partial charge in [-0.05, 0) is 51.5 Å². The second-order valence-electron chi connectivity index (χ2n) is 5.84. The van der Waals surface area contributed by atoms with Gasteiger partial charge in [-0.3, -0.25) is 9.48 Å². The number of nitrogens with one attached hydrogen (secondary N) is 1. The maximum absolute atomic E-state index is 13.2. The molecule has 2 aromatic rings. The van der Waals surface area contributed by atoms with Crippen molar-refractivity contribution in [2.24, 2.45) is 0 Å².